The van der Waals surface area contributed by atoms with Gasteiger partial charge in [0.25, 0.3) is 0 Å². The van der Waals surface area contributed by atoms with Gasteiger partial charge in [0.05, 0.1) is 25.2 Å². The first-order valence-corrected chi connectivity index (χ1v) is 5.11. The second-order valence-corrected chi connectivity index (χ2v) is 3.11. The minimum absolute atomic E-state index is 0.353. The predicted octanol–water partition coefficient (Wildman–Crippen LogP) is 1.11. The van der Waals surface area contributed by atoms with Crippen molar-refractivity contribution in [2.75, 3.05) is 20.3 Å². The van der Waals surface area contributed by atoms with E-state index in [1.807, 2.05) is 10.8 Å². The Hall–Kier alpha value is -1.62. The van der Waals surface area contributed by atoms with Gasteiger partial charge >= 0.3 is 5.97 Å². The molecule has 0 amide bonds. The van der Waals surface area contributed by atoms with E-state index in [-0.39, 0.29) is 5.97 Å². The van der Waals surface area contributed by atoms with Crippen molar-refractivity contribution in [1.29, 1.82) is 0 Å². The Morgan fingerprint density at radius 3 is 3.12 bits per heavy atom. The minimum Gasteiger partial charge on any atom is -0.463 e. The highest BCUT2D eigenvalue weighted by atomic mass is 16.5. The van der Waals surface area contributed by atoms with E-state index in [9.17, 15) is 4.79 Å². The fourth-order valence-electron chi connectivity index (χ4n) is 1.13. The van der Waals surface area contributed by atoms with Crippen molar-refractivity contribution in [3.05, 3.63) is 24.3 Å². The number of nitrogens with zero attached hydrogens (tertiary/aromatic N) is 2. The van der Waals surface area contributed by atoms with Crippen LogP contribution in [0.5, 0.6) is 0 Å². The van der Waals surface area contributed by atoms with Crippen LogP contribution >= 0.6 is 0 Å². The molecule has 0 fully saturated rings. The maximum absolute atomic E-state index is 11.0. The van der Waals surface area contributed by atoms with Gasteiger partial charge in [0.2, 0.25) is 0 Å². The molecule has 0 radical (unpaired) electrons. The van der Waals surface area contributed by atoms with Crippen LogP contribution in [0.3, 0.4) is 0 Å². The summed E-state index contributed by atoms with van der Waals surface area (Å²) < 4.78 is 11.6. The molecule has 88 valence electrons. The van der Waals surface area contributed by atoms with Crippen LogP contribution < -0.4 is 0 Å². The SMILES string of the molecule is CCOC(=O)C=Cc1cn(CCOC)cn1. The third kappa shape index (κ3) is 4.27. The van der Waals surface area contributed by atoms with Gasteiger partial charge in [0, 0.05) is 25.9 Å². The van der Waals surface area contributed by atoms with Crippen molar-refractivity contribution < 1.29 is 14.3 Å². The molecule has 0 bridgehead atoms. The van der Waals surface area contributed by atoms with Crippen molar-refractivity contribution >= 4 is 12.0 Å². The lowest BCUT2D eigenvalue weighted by Crippen LogP contribution is -2.01. The zero-order valence-corrected chi connectivity index (χ0v) is 9.55. The summed E-state index contributed by atoms with van der Waals surface area (Å²) in [6, 6.07) is 0. The van der Waals surface area contributed by atoms with Crippen LogP contribution in [0.15, 0.2) is 18.6 Å². The van der Waals surface area contributed by atoms with Crippen LogP contribution in [0.25, 0.3) is 6.08 Å². The normalized spacial score (nSPS) is 10.9. The molecular formula is C11H16N2O3. The highest BCUT2D eigenvalue weighted by Gasteiger charge is 1.97. The number of ether oxygens (including phenoxy) is 2. The Morgan fingerprint density at radius 1 is 1.62 bits per heavy atom. The summed E-state index contributed by atoms with van der Waals surface area (Å²) in [5.74, 6) is -0.353. The summed E-state index contributed by atoms with van der Waals surface area (Å²) >= 11 is 0. The minimum atomic E-state index is -0.353. The van der Waals surface area contributed by atoms with E-state index in [2.05, 4.69) is 4.98 Å². The fraction of sp³-hybridized carbons (Fsp3) is 0.455. The van der Waals surface area contributed by atoms with Gasteiger partial charge in [-0.05, 0) is 13.0 Å². The molecule has 0 N–H and O–H groups in total. The predicted molar refractivity (Wildman–Crippen MR) is 59.8 cm³/mol. The molecule has 1 aromatic rings. The van der Waals surface area contributed by atoms with Gasteiger partial charge in [-0.25, -0.2) is 9.78 Å². The molecule has 16 heavy (non-hydrogen) atoms. The third-order valence-corrected chi connectivity index (χ3v) is 1.88. The Labute approximate surface area is 94.7 Å². The van der Waals surface area contributed by atoms with Gasteiger partial charge in [-0.2, -0.15) is 0 Å². The van der Waals surface area contributed by atoms with Gasteiger partial charge in [-0.15, -0.1) is 0 Å². The molecule has 1 heterocycles. The zero-order chi connectivity index (χ0) is 11.8. The molecule has 0 atom stereocenters. The number of esters is 1. The molecule has 1 rings (SSSR count). The Kier molecular flexibility index (Phi) is 5.28. The second kappa shape index (κ2) is 6.79. The third-order valence-electron chi connectivity index (χ3n) is 1.88. The van der Waals surface area contributed by atoms with E-state index < -0.39 is 0 Å². The number of carbonyl (C=O) groups is 1. The first kappa shape index (κ1) is 12.4. The van der Waals surface area contributed by atoms with Crippen molar-refractivity contribution in [2.24, 2.45) is 0 Å². The molecule has 5 nitrogen and oxygen atoms in total. The maximum atomic E-state index is 11.0. The second-order valence-electron chi connectivity index (χ2n) is 3.11. The summed E-state index contributed by atoms with van der Waals surface area (Å²) in [4.78, 5) is 15.1. The highest BCUT2D eigenvalue weighted by Crippen LogP contribution is 1.99. The number of rotatable bonds is 6. The average Bonchev–Trinajstić information content (AvgIpc) is 2.72. The Balaban J connectivity index is 2.48. The maximum Gasteiger partial charge on any atom is 0.330 e. The van der Waals surface area contributed by atoms with Crippen LogP contribution in [0.1, 0.15) is 12.6 Å². The Bertz CT molecular complexity index is 358. The van der Waals surface area contributed by atoms with Gasteiger partial charge in [0.1, 0.15) is 0 Å². The molecule has 0 saturated heterocycles. The molecule has 0 unspecified atom stereocenters. The van der Waals surface area contributed by atoms with Gasteiger partial charge < -0.3 is 14.0 Å². The van der Waals surface area contributed by atoms with E-state index >= 15 is 0 Å². The topological polar surface area (TPSA) is 53.4 Å². The summed E-state index contributed by atoms with van der Waals surface area (Å²) in [7, 11) is 1.65. The van der Waals surface area contributed by atoms with Crippen molar-refractivity contribution in [2.45, 2.75) is 13.5 Å². The van der Waals surface area contributed by atoms with Crippen molar-refractivity contribution in [3.63, 3.8) is 0 Å². The molecule has 0 aliphatic rings. The lowest BCUT2D eigenvalue weighted by molar-refractivity contribution is -0.137. The standard InChI is InChI=1S/C11H16N2O3/c1-3-16-11(14)5-4-10-8-13(9-12-10)6-7-15-2/h4-5,8-9H,3,6-7H2,1-2H3. The molecule has 0 aliphatic heterocycles. The lowest BCUT2D eigenvalue weighted by Gasteiger charge is -1.98. The summed E-state index contributed by atoms with van der Waals surface area (Å²) in [6.45, 7) is 3.53. The molecule has 0 aliphatic carbocycles. The summed E-state index contributed by atoms with van der Waals surface area (Å²) in [6.07, 6.45) is 6.53. The lowest BCUT2D eigenvalue weighted by atomic mass is 10.4. The van der Waals surface area contributed by atoms with Crippen LogP contribution in [-0.2, 0) is 20.8 Å². The zero-order valence-electron chi connectivity index (χ0n) is 9.55. The summed E-state index contributed by atoms with van der Waals surface area (Å²) in [5, 5.41) is 0. The number of hydrogen-bond donors (Lipinski definition) is 0. The monoisotopic (exact) mass is 224 g/mol. The molecule has 0 aromatic carbocycles. The van der Waals surface area contributed by atoms with Gasteiger partial charge in [0.15, 0.2) is 0 Å². The molecule has 0 saturated carbocycles. The largest absolute Gasteiger partial charge is 0.463 e. The molecule has 0 spiro atoms. The average molecular weight is 224 g/mol. The van der Waals surface area contributed by atoms with Crippen LogP contribution in [0.4, 0.5) is 0 Å². The summed E-state index contributed by atoms with van der Waals surface area (Å²) in [5.41, 5.74) is 0.726. The Morgan fingerprint density at radius 2 is 2.44 bits per heavy atom. The molecule has 5 heteroatoms. The first-order chi connectivity index (χ1) is 7.76. The van der Waals surface area contributed by atoms with E-state index in [1.165, 1.54) is 6.08 Å². The number of methoxy groups -OCH3 is 1. The van der Waals surface area contributed by atoms with E-state index in [1.54, 1.807) is 26.4 Å². The van der Waals surface area contributed by atoms with Crippen LogP contribution in [0.2, 0.25) is 0 Å². The van der Waals surface area contributed by atoms with Gasteiger partial charge in [-0.1, -0.05) is 0 Å². The number of carbonyl (C=O) groups excluding carboxylic acids is 1. The van der Waals surface area contributed by atoms with Crippen LogP contribution in [0, 0.1) is 0 Å². The molecular weight excluding hydrogens is 208 g/mol. The van der Waals surface area contributed by atoms with Crippen LogP contribution in [-0.4, -0.2) is 35.8 Å². The fourth-order valence-corrected chi connectivity index (χ4v) is 1.13. The number of hydrogen-bond acceptors (Lipinski definition) is 4. The van der Waals surface area contributed by atoms with Gasteiger partial charge in [-0.3, -0.25) is 0 Å². The highest BCUT2D eigenvalue weighted by molar-refractivity contribution is 5.86. The van der Waals surface area contributed by atoms with Crippen molar-refractivity contribution in [1.82, 2.24) is 9.55 Å². The molecule has 1 aromatic heterocycles. The van der Waals surface area contributed by atoms with Crippen molar-refractivity contribution in [3.8, 4) is 0 Å². The van der Waals surface area contributed by atoms with E-state index in [0.29, 0.717) is 13.2 Å². The quantitative estimate of drug-likeness (QED) is 0.536. The van der Waals surface area contributed by atoms with E-state index in [4.69, 9.17) is 9.47 Å². The smallest absolute Gasteiger partial charge is 0.330 e. The first-order valence-electron chi connectivity index (χ1n) is 5.11. The number of aromatic nitrogens is 2. The number of imidazole rings is 1. The van der Waals surface area contributed by atoms with E-state index in [0.717, 1.165) is 12.2 Å².